The Morgan fingerprint density at radius 1 is 0.960 bits per heavy atom. The SMILES string of the molecule is NC(Cc1ccccc1)N1CCN(c2ccccc2)CC1C(F)(F)F. The lowest BCUT2D eigenvalue weighted by atomic mass is 10.1. The third kappa shape index (κ3) is 4.32. The van der Waals surface area contributed by atoms with Crippen LogP contribution in [0.3, 0.4) is 0 Å². The number of hydrogen-bond acceptors (Lipinski definition) is 3. The number of rotatable bonds is 4. The molecule has 1 aliphatic rings. The summed E-state index contributed by atoms with van der Waals surface area (Å²) in [5.74, 6) is 0. The summed E-state index contributed by atoms with van der Waals surface area (Å²) in [4.78, 5) is 3.18. The summed E-state index contributed by atoms with van der Waals surface area (Å²) in [5, 5.41) is 0. The molecule has 0 aliphatic carbocycles. The Bertz CT molecular complexity index is 661. The van der Waals surface area contributed by atoms with Gasteiger partial charge in [-0.05, 0) is 17.7 Å². The molecule has 0 saturated carbocycles. The van der Waals surface area contributed by atoms with E-state index in [2.05, 4.69) is 0 Å². The average molecular weight is 349 g/mol. The summed E-state index contributed by atoms with van der Waals surface area (Å²) in [6, 6.07) is 17.1. The Morgan fingerprint density at radius 3 is 2.16 bits per heavy atom. The first-order valence-electron chi connectivity index (χ1n) is 8.37. The van der Waals surface area contributed by atoms with Crippen LogP contribution in [0.4, 0.5) is 18.9 Å². The molecule has 2 aromatic carbocycles. The molecule has 1 saturated heterocycles. The van der Waals surface area contributed by atoms with Gasteiger partial charge in [-0.15, -0.1) is 0 Å². The van der Waals surface area contributed by atoms with Gasteiger partial charge in [0.2, 0.25) is 0 Å². The van der Waals surface area contributed by atoms with E-state index < -0.39 is 18.4 Å². The molecule has 0 radical (unpaired) electrons. The van der Waals surface area contributed by atoms with Crippen LogP contribution in [0, 0.1) is 0 Å². The highest BCUT2D eigenvalue weighted by atomic mass is 19.4. The second-order valence-corrected chi connectivity index (χ2v) is 6.33. The number of halogens is 3. The molecule has 2 unspecified atom stereocenters. The molecule has 0 bridgehead atoms. The summed E-state index contributed by atoms with van der Waals surface area (Å²) < 4.78 is 41.0. The van der Waals surface area contributed by atoms with Crippen molar-refractivity contribution in [3.63, 3.8) is 0 Å². The Morgan fingerprint density at radius 2 is 1.56 bits per heavy atom. The van der Waals surface area contributed by atoms with Gasteiger partial charge in [0.1, 0.15) is 6.04 Å². The zero-order chi connectivity index (χ0) is 17.9. The highest BCUT2D eigenvalue weighted by Gasteiger charge is 2.47. The minimum Gasteiger partial charge on any atom is -0.368 e. The second kappa shape index (κ2) is 7.45. The minimum absolute atomic E-state index is 0.101. The molecule has 1 aliphatic heterocycles. The third-order valence-corrected chi connectivity index (χ3v) is 4.63. The molecule has 2 aromatic rings. The predicted octanol–water partition coefficient (Wildman–Crippen LogP) is 3.27. The molecule has 1 heterocycles. The van der Waals surface area contributed by atoms with Gasteiger partial charge in [-0.25, -0.2) is 0 Å². The molecule has 0 amide bonds. The lowest BCUT2D eigenvalue weighted by molar-refractivity contribution is -0.190. The van der Waals surface area contributed by atoms with E-state index in [1.165, 1.54) is 4.90 Å². The first-order chi connectivity index (χ1) is 11.9. The fourth-order valence-electron chi connectivity index (χ4n) is 3.33. The van der Waals surface area contributed by atoms with Gasteiger partial charge in [-0.3, -0.25) is 4.90 Å². The Kier molecular flexibility index (Phi) is 5.30. The minimum atomic E-state index is -4.32. The number of anilines is 1. The average Bonchev–Trinajstić information content (AvgIpc) is 2.62. The van der Waals surface area contributed by atoms with E-state index in [4.69, 9.17) is 5.73 Å². The van der Waals surface area contributed by atoms with E-state index >= 15 is 0 Å². The van der Waals surface area contributed by atoms with Crippen molar-refractivity contribution in [1.29, 1.82) is 0 Å². The van der Waals surface area contributed by atoms with Crippen molar-refractivity contribution in [1.82, 2.24) is 4.90 Å². The quantitative estimate of drug-likeness (QED) is 0.920. The van der Waals surface area contributed by atoms with Crippen LogP contribution in [0.15, 0.2) is 60.7 Å². The van der Waals surface area contributed by atoms with Crippen molar-refractivity contribution >= 4 is 5.69 Å². The van der Waals surface area contributed by atoms with E-state index in [0.717, 1.165) is 11.3 Å². The zero-order valence-corrected chi connectivity index (χ0v) is 13.9. The molecule has 25 heavy (non-hydrogen) atoms. The smallest absolute Gasteiger partial charge is 0.368 e. The molecule has 2 atom stereocenters. The van der Waals surface area contributed by atoms with Gasteiger partial charge in [-0.2, -0.15) is 13.2 Å². The van der Waals surface area contributed by atoms with E-state index in [0.29, 0.717) is 13.0 Å². The summed E-state index contributed by atoms with van der Waals surface area (Å²) in [6.45, 7) is 0.710. The van der Waals surface area contributed by atoms with Crippen LogP contribution in [0.25, 0.3) is 0 Å². The Labute approximate surface area is 145 Å². The normalized spacial score (nSPS) is 20.5. The third-order valence-electron chi connectivity index (χ3n) is 4.63. The van der Waals surface area contributed by atoms with Gasteiger partial charge in [-0.1, -0.05) is 48.5 Å². The van der Waals surface area contributed by atoms with E-state index in [9.17, 15) is 13.2 Å². The van der Waals surface area contributed by atoms with Crippen LogP contribution in [-0.2, 0) is 6.42 Å². The van der Waals surface area contributed by atoms with E-state index in [1.54, 1.807) is 4.90 Å². The van der Waals surface area contributed by atoms with Gasteiger partial charge >= 0.3 is 6.18 Å². The maximum atomic E-state index is 13.7. The molecule has 1 fully saturated rings. The Hall–Kier alpha value is -2.05. The van der Waals surface area contributed by atoms with Crippen molar-refractivity contribution < 1.29 is 13.2 Å². The first kappa shape index (κ1) is 17.8. The van der Waals surface area contributed by atoms with E-state index in [1.807, 2.05) is 60.7 Å². The van der Waals surface area contributed by atoms with Crippen molar-refractivity contribution in [2.75, 3.05) is 24.5 Å². The number of nitrogens with two attached hydrogens (primary N) is 1. The predicted molar refractivity (Wildman–Crippen MR) is 93.3 cm³/mol. The Balaban J connectivity index is 1.75. The van der Waals surface area contributed by atoms with Crippen LogP contribution < -0.4 is 10.6 Å². The standard InChI is InChI=1S/C19H22F3N3/c20-19(21,22)17-14-24(16-9-5-2-6-10-16)11-12-25(17)18(23)13-15-7-3-1-4-8-15/h1-10,17-18H,11-14,23H2. The fourth-order valence-corrected chi connectivity index (χ4v) is 3.33. The van der Waals surface area contributed by atoms with Gasteiger partial charge in [0.05, 0.1) is 6.17 Å². The molecule has 3 rings (SSSR count). The molecule has 134 valence electrons. The molecule has 3 nitrogen and oxygen atoms in total. The van der Waals surface area contributed by atoms with Crippen molar-refractivity contribution in [3.8, 4) is 0 Å². The number of benzene rings is 2. The highest BCUT2D eigenvalue weighted by molar-refractivity contribution is 5.46. The van der Waals surface area contributed by atoms with Crippen LogP contribution >= 0.6 is 0 Å². The number of nitrogens with zero attached hydrogens (tertiary/aromatic N) is 2. The van der Waals surface area contributed by atoms with Crippen molar-refractivity contribution in [3.05, 3.63) is 66.2 Å². The molecular weight excluding hydrogens is 327 g/mol. The summed E-state index contributed by atoms with van der Waals surface area (Å²) in [7, 11) is 0. The van der Waals surface area contributed by atoms with Gasteiger partial charge in [0.25, 0.3) is 0 Å². The fraction of sp³-hybridized carbons (Fsp3) is 0.368. The second-order valence-electron chi connectivity index (χ2n) is 6.33. The van der Waals surface area contributed by atoms with Crippen molar-refractivity contribution in [2.24, 2.45) is 5.73 Å². The topological polar surface area (TPSA) is 32.5 Å². The molecule has 2 N–H and O–H groups in total. The summed E-state index contributed by atoms with van der Waals surface area (Å²) in [6.07, 6.45) is -4.58. The van der Waals surface area contributed by atoms with Gasteiger partial charge in [0.15, 0.2) is 0 Å². The van der Waals surface area contributed by atoms with Gasteiger partial charge < -0.3 is 10.6 Å². The lowest BCUT2D eigenvalue weighted by Gasteiger charge is -2.45. The highest BCUT2D eigenvalue weighted by Crippen LogP contribution is 2.31. The molecule has 0 spiro atoms. The van der Waals surface area contributed by atoms with E-state index in [-0.39, 0.29) is 13.1 Å². The zero-order valence-electron chi connectivity index (χ0n) is 13.9. The number of hydrogen-bond donors (Lipinski definition) is 1. The maximum absolute atomic E-state index is 13.7. The number of piperazine rings is 1. The van der Waals surface area contributed by atoms with Crippen LogP contribution in [-0.4, -0.2) is 42.9 Å². The van der Waals surface area contributed by atoms with Crippen molar-refractivity contribution in [2.45, 2.75) is 24.8 Å². The monoisotopic (exact) mass is 349 g/mol. The molecule has 0 aromatic heterocycles. The summed E-state index contributed by atoms with van der Waals surface area (Å²) >= 11 is 0. The molecular formula is C19H22F3N3. The number of para-hydroxylation sites is 1. The molecule has 6 heteroatoms. The van der Waals surface area contributed by atoms with Crippen LogP contribution in [0.5, 0.6) is 0 Å². The summed E-state index contributed by atoms with van der Waals surface area (Å²) in [5.41, 5.74) is 7.92. The lowest BCUT2D eigenvalue weighted by Crippen LogP contribution is -2.64. The van der Waals surface area contributed by atoms with Gasteiger partial charge in [0, 0.05) is 31.7 Å². The maximum Gasteiger partial charge on any atom is 0.405 e. The van der Waals surface area contributed by atoms with Crippen LogP contribution in [0.2, 0.25) is 0 Å². The largest absolute Gasteiger partial charge is 0.405 e. The number of alkyl halides is 3. The first-order valence-corrected chi connectivity index (χ1v) is 8.37. The van der Waals surface area contributed by atoms with Crippen LogP contribution in [0.1, 0.15) is 5.56 Å².